The molecule has 0 aliphatic rings. The van der Waals surface area contributed by atoms with Gasteiger partial charge in [0.15, 0.2) is 5.82 Å². The van der Waals surface area contributed by atoms with Crippen LogP contribution in [-0.4, -0.2) is 19.7 Å². The Labute approximate surface area is 119 Å². The third-order valence-corrected chi connectivity index (χ3v) is 3.98. The molecule has 2 heterocycles. The number of rotatable bonds is 2. The van der Waals surface area contributed by atoms with Crippen molar-refractivity contribution in [3.05, 3.63) is 26.7 Å². The van der Waals surface area contributed by atoms with E-state index in [9.17, 15) is 0 Å². The molecule has 0 aliphatic heterocycles. The van der Waals surface area contributed by atoms with Gasteiger partial charge in [-0.15, -0.1) is 0 Å². The molecule has 17 heavy (non-hydrogen) atoms. The molecule has 0 fully saturated rings. The zero-order chi connectivity index (χ0) is 12.6. The Morgan fingerprint density at radius 3 is 2.59 bits per heavy atom. The van der Waals surface area contributed by atoms with E-state index in [2.05, 4.69) is 51.5 Å². The van der Waals surface area contributed by atoms with Gasteiger partial charge in [-0.1, -0.05) is 25.4 Å². The maximum Gasteiger partial charge on any atom is 0.181 e. The fourth-order valence-corrected chi connectivity index (χ4v) is 2.51. The Morgan fingerprint density at radius 1 is 1.35 bits per heavy atom. The summed E-state index contributed by atoms with van der Waals surface area (Å²) in [4.78, 5) is 8.81. The summed E-state index contributed by atoms with van der Waals surface area (Å²) in [6, 6.07) is 1.88. The van der Waals surface area contributed by atoms with Crippen molar-refractivity contribution < 1.29 is 0 Å². The van der Waals surface area contributed by atoms with Crippen molar-refractivity contribution in [2.75, 3.05) is 0 Å². The van der Waals surface area contributed by atoms with Crippen LogP contribution >= 0.6 is 34.2 Å². The molecule has 0 bridgehead atoms. The minimum atomic E-state index is 0.310. The van der Waals surface area contributed by atoms with Crippen LogP contribution in [0.4, 0.5) is 0 Å². The van der Waals surface area contributed by atoms with Gasteiger partial charge in [0.05, 0.1) is 9.26 Å². The van der Waals surface area contributed by atoms with Crippen molar-refractivity contribution >= 4 is 34.2 Å². The van der Waals surface area contributed by atoms with Crippen LogP contribution in [-0.2, 0) is 7.05 Å². The standard InChI is InChI=1S/C11H12ClIN4/c1-6(2)9-8(13)10(12)15-11(14-9)7-4-5-17(3)16-7/h4-6H,1-3H3. The lowest BCUT2D eigenvalue weighted by atomic mass is 10.1. The summed E-state index contributed by atoms with van der Waals surface area (Å²) in [7, 11) is 1.86. The van der Waals surface area contributed by atoms with Crippen LogP contribution in [0.15, 0.2) is 12.3 Å². The van der Waals surface area contributed by atoms with Gasteiger partial charge in [-0.3, -0.25) is 4.68 Å². The van der Waals surface area contributed by atoms with Gasteiger partial charge in [0.2, 0.25) is 0 Å². The van der Waals surface area contributed by atoms with Crippen LogP contribution in [0.25, 0.3) is 11.5 Å². The monoisotopic (exact) mass is 362 g/mol. The Hall–Kier alpha value is -0.690. The highest BCUT2D eigenvalue weighted by Gasteiger charge is 2.15. The number of halogens is 2. The van der Waals surface area contributed by atoms with E-state index in [4.69, 9.17) is 11.6 Å². The predicted octanol–water partition coefficient (Wildman–Crippen LogP) is 3.26. The van der Waals surface area contributed by atoms with E-state index in [-0.39, 0.29) is 0 Å². The van der Waals surface area contributed by atoms with Gasteiger partial charge in [0.25, 0.3) is 0 Å². The van der Waals surface area contributed by atoms with Crippen LogP contribution in [0.5, 0.6) is 0 Å². The molecule has 0 radical (unpaired) electrons. The van der Waals surface area contributed by atoms with E-state index in [1.165, 1.54) is 0 Å². The summed E-state index contributed by atoms with van der Waals surface area (Å²) in [5.74, 6) is 0.893. The van der Waals surface area contributed by atoms with Crippen molar-refractivity contribution in [2.24, 2.45) is 7.05 Å². The zero-order valence-corrected chi connectivity index (χ0v) is 12.7. The van der Waals surface area contributed by atoms with E-state index in [1.807, 2.05) is 19.3 Å². The SMILES string of the molecule is CC(C)c1nc(-c2ccn(C)n2)nc(Cl)c1I. The molecule has 0 spiro atoms. The maximum absolute atomic E-state index is 6.13. The summed E-state index contributed by atoms with van der Waals surface area (Å²) in [6.45, 7) is 4.17. The lowest BCUT2D eigenvalue weighted by Gasteiger charge is -2.09. The van der Waals surface area contributed by atoms with Crippen LogP contribution in [0.3, 0.4) is 0 Å². The molecule has 0 atom stereocenters. The fourth-order valence-electron chi connectivity index (χ4n) is 1.47. The highest BCUT2D eigenvalue weighted by molar-refractivity contribution is 14.1. The van der Waals surface area contributed by atoms with Crippen molar-refractivity contribution in [2.45, 2.75) is 19.8 Å². The highest BCUT2D eigenvalue weighted by Crippen LogP contribution is 2.27. The third kappa shape index (κ3) is 2.60. The molecule has 6 heteroatoms. The van der Waals surface area contributed by atoms with Crippen LogP contribution < -0.4 is 0 Å². The molecule has 0 N–H and O–H groups in total. The second-order valence-electron chi connectivity index (χ2n) is 4.07. The van der Waals surface area contributed by atoms with Gasteiger partial charge in [-0.25, -0.2) is 9.97 Å². The Balaban J connectivity index is 2.56. The average Bonchev–Trinajstić information content (AvgIpc) is 2.68. The topological polar surface area (TPSA) is 43.6 Å². The normalized spacial score (nSPS) is 11.2. The first-order valence-corrected chi connectivity index (χ1v) is 6.67. The lowest BCUT2D eigenvalue weighted by Crippen LogP contribution is -2.03. The highest BCUT2D eigenvalue weighted by atomic mass is 127. The quantitative estimate of drug-likeness (QED) is 0.608. The summed E-state index contributed by atoms with van der Waals surface area (Å²) < 4.78 is 2.64. The summed E-state index contributed by atoms with van der Waals surface area (Å²) in [6.07, 6.45) is 1.86. The second kappa shape index (κ2) is 4.89. The van der Waals surface area contributed by atoms with Crippen LogP contribution in [0.1, 0.15) is 25.5 Å². The predicted molar refractivity (Wildman–Crippen MR) is 76.1 cm³/mol. The van der Waals surface area contributed by atoms with Crippen molar-refractivity contribution in [1.82, 2.24) is 19.7 Å². The van der Waals surface area contributed by atoms with Crippen LogP contribution in [0, 0.1) is 3.57 Å². The number of hydrogen-bond acceptors (Lipinski definition) is 3. The van der Waals surface area contributed by atoms with Gasteiger partial charge in [0, 0.05) is 13.2 Å². The summed E-state index contributed by atoms with van der Waals surface area (Å²) >= 11 is 8.31. The minimum absolute atomic E-state index is 0.310. The number of aryl methyl sites for hydroxylation is 1. The molecule has 0 unspecified atom stereocenters. The van der Waals surface area contributed by atoms with Gasteiger partial charge in [-0.05, 0) is 34.6 Å². The van der Waals surface area contributed by atoms with Gasteiger partial charge < -0.3 is 0 Å². The molecule has 0 saturated carbocycles. The third-order valence-electron chi connectivity index (χ3n) is 2.33. The largest absolute Gasteiger partial charge is 0.275 e. The smallest absolute Gasteiger partial charge is 0.181 e. The lowest BCUT2D eigenvalue weighted by molar-refractivity contribution is 0.765. The fraction of sp³-hybridized carbons (Fsp3) is 0.364. The van der Waals surface area contributed by atoms with E-state index >= 15 is 0 Å². The Morgan fingerprint density at radius 2 is 2.06 bits per heavy atom. The second-order valence-corrected chi connectivity index (χ2v) is 5.50. The van der Waals surface area contributed by atoms with E-state index < -0.39 is 0 Å². The first-order chi connectivity index (χ1) is 7.99. The molecule has 2 rings (SSSR count). The number of nitrogens with zero attached hydrogens (tertiary/aromatic N) is 4. The molecular weight excluding hydrogens is 351 g/mol. The average molecular weight is 363 g/mol. The summed E-state index contributed by atoms with van der Waals surface area (Å²) in [5, 5.41) is 4.77. The zero-order valence-electron chi connectivity index (χ0n) is 9.78. The molecule has 2 aromatic heterocycles. The van der Waals surface area contributed by atoms with Crippen molar-refractivity contribution in [1.29, 1.82) is 0 Å². The first-order valence-electron chi connectivity index (χ1n) is 5.22. The Bertz CT molecular complexity index is 550. The molecule has 0 saturated heterocycles. The van der Waals surface area contributed by atoms with Crippen molar-refractivity contribution in [3.8, 4) is 11.5 Å². The molecular formula is C11H12ClIN4. The first kappa shape index (κ1) is 12.8. The molecule has 90 valence electrons. The van der Waals surface area contributed by atoms with E-state index in [0.29, 0.717) is 16.9 Å². The molecule has 2 aromatic rings. The maximum atomic E-state index is 6.13. The van der Waals surface area contributed by atoms with Gasteiger partial charge in [-0.2, -0.15) is 5.10 Å². The van der Waals surface area contributed by atoms with Gasteiger partial charge >= 0.3 is 0 Å². The van der Waals surface area contributed by atoms with Crippen LogP contribution in [0.2, 0.25) is 5.15 Å². The summed E-state index contributed by atoms with van der Waals surface area (Å²) in [5.41, 5.74) is 1.71. The molecule has 0 aromatic carbocycles. The Kier molecular flexibility index (Phi) is 3.67. The van der Waals surface area contributed by atoms with E-state index in [0.717, 1.165) is 15.0 Å². The van der Waals surface area contributed by atoms with Crippen molar-refractivity contribution in [3.63, 3.8) is 0 Å². The van der Waals surface area contributed by atoms with Gasteiger partial charge in [0.1, 0.15) is 10.8 Å². The van der Waals surface area contributed by atoms with E-state index in [1.54, 1.807) is 4.68 Å². The molecule has 0 amide bonds. The molecule has 0 aliphatic carbocycles. The molecule has 4 nitrogen and oxygen atoms in total. The number of aromatic nitrogens is 4. The number of hydrogen-bond donors (Lipinski definition) is 0. The minimum Gasteiger partial charge on any atom is -0.275 e.